The molecular formula is C26H34. The third kappa shape index (κ3) is 7.87. The van der Waals surface area contributed by atoms with Gasteiger partial charge in [0.05, 0.1) is 0 Å². The summed E-state index contributed by atoms with van der Waals surface area (Å²) in [4.78, 5) is 0. The number of rotatable bonds is 11. The molecule has 0 aliphatic heterocycles. The van der Waals surface area contributed by atoms with E-state index in [1.165, 1.54) is 73.6 Å². The SMILES string of the molecule is CCCCCCc1ccc(C=CC=Cc2ccc(CCCC)cc2)cc1. The molecule has 0 saturated carbocycles. The van der Waals surface area contributed by atoms with Crippen LogP contribution >= 0.6 is 0 Å². The number of hydrogen-bond acceptors (Lipinski definition) is 0. The van der Waals surface area contributed by atoms with Gasteiger partial charge >= 0.3 is 0 Å². The molecule has 0 saturated heterocycles. The summed E-state index contributed by atoms with van der Waals surface area (Å²) in [7, 11) is 0. The summed E-state index contributed by atoms with van der Waals surface area (Å²) >= 11 is 0. The summed E-state index contributed by atoms with van der Waals surface area (Å²) in [5, 5.41) is 0. The van der Waals surface area contributed by atoms with Crippen LogP contribution in [0.3, 0.4) is 0 Å². The summed E-state index contributed by atoms with van der Waals surface area (Å²) in [6, 6.07) is 17.9. The van der Waals surface area contributed by atoms with Crippen molar-refractivity contribution in [1.82, 2.24) is 0 Å². The summed E-state index contributed by atoms with van der Waals surface area (Å²) in [5.41, 5.74) is 5.42. The quantitative estimate of drug-likeness (QED) is 0.287. The molecule has 0 bridgehead atoms. The summed E-state index contributed by atoms with van der Waals surface area (Å²) in [5.74, 6) is 0. The standard InChI is InChI=1S/C26H34/c1-3-5-7-8-12-24-19-21-26(22-20-24)14-10-9-13-25-17-15-23(16-18-25)11-6-4-2/h9-10,13-22H,3-8,11-12H2,1-2H3. The molecule has 0 N–H and O–H groups in total. The lowest BCUT2D eigenvalue weighted by Crippen LogP contribution is -1.85. The van der Waals surface area contributed by atoms with Gasteiger partial charge in [-0.25, -0.2) is 0 Å². The van der Waals surface area contributed by atoms with Gasteiger partial charge in [-0.3, -0.25) is 0 Å². The molecule has 2 aromatic rings. The molecule has 0 atom stereocenters. The van der Waals surface area contributed by atoms with Crippen LogP contribution in [0.15, 0.2) is 60.7 Å². The fraction of sp³-hybridized carbons (Fsp3) is 0.385. The average Bonchev–Trinajstić information content (AvgIpc) is 2.69. The van der Waals surface area contributed by atoms with Crippen molar-refractivity contribution in [1.29, 1.82) is 0 Å². The Balaban J connectivity index is 1.79. The minimum Gasteiger partial charge on any atom is -0.0654 e. The van der Waals surface area contributed by atoms with Gasteiger partial charge in [-0.15, -0.1) is 0 Å². The molecule has 0 nitrogen and oxygen atoms in total. The van der Waals surface area contributed by atoms with Gasteiger partial charge < -0.3 is 0 Å². The highest BCUT2D eigenvalue weighted by molar-refractivity contribution is 5.57. The van der Waals surface area contributed by atoms with Crippen molar-refractivity contribution in [3.63, 3.8) is 0 Å². The Labute approximate surface area is 160 Å². The molecular weight excluding hydrogens is 312 g/mol. The van der Waals surface area contributed by atoms with Gasteiger partial charge in [-0.2, -0.15) is 0 Å². The Morgan fingerprint density at radius 2 is 1.00 bits per heavy atom. The van der Waals surface area contributed by atoms with Crippen molar-refractivity contribution in [3.8, 4) is 0 Å². The first-order valence-electron chi connectivity index (χ1n) is 10.3. The Morgan fingerprint density at radius 1 is 0.538 bits per heavy atom. The van der Waals surface area contributed by atoms with E-state index in [0.717, 1.165) is 0 Å². The monoisotopic (exact) mass is 346 g/mol. The van der Waals surface area contributed by atoms with Gasteiger partial charge in [-0.1, -0.05) is 112 Å². The van der Waals surface area contributed by atoms with Crippen LogP contribution in [-0.4, -0.2) is 0 Å². The maximum atomic E-state index is 2.27. The van der Waals surface area contributed by atoms with Gasteiger partial charge in [0.1, 0.15) is 0 Å². The molecule has 2 aromatic carbocycles. The first-order valence-corrected chi connectivity index (χ1v) is 10.3. The Hall–Kier alpha value is -2.08. The van der Waals surface area contributed by atoms with E-state index in [2.05, 4.69) is 86.7 Å². The molecule has 0 aliphatic carbocycles. The van der Waals surface area contributed by atoms with Crippen molar-refractivity contribution in [3.05, 3.63) is 82.9 Å². The van der Waals surface area contributed by atoms with E-state index >= 15 is 0 Å². The minimum atomic E-state index is 1.19. The molecule has 26 heavy (non-hydrogen) atoms. The van der Waals surface area contributed by atoms with Gasteiger partial charge in [-0.05, 0) is 47.9 Å². The Morgan fingerprint density at radius 3 is 1.46 bits per heavy atom. The summed E-state index contributed by atoms with van der Waals surface area (Å²) < 4.78 is 0. The first-order chi connectivity index (χ1) is 12.8. The van der Waals surface area contributed by atoms with Crippen molar-refractivity contribution >= 4 is 12.2 Å². The van der Waals surface area contributed by atoms with E-state index in [1.807, 2.05) is 0 Å². The number of hydrogen-bond donors (Lipinski definition) is 0. The predicted octanol–water partition coefficient (Wildman–Crippen LogP) is 7.88. The van der Waals surface area contributed by atoms with Crippen LogP contribution in [-0.2, 0) is 12.8 Å². The van der Waals surface area contributed by atoms with E-state index in [1.54, 1.807) is 0 Å². The number of benzene rings is 2. The van der Waals surface area contributed by atoms with Crippen LogP contribution in [0, 0.1) is 0 Å². The average molecular weight is 347 g/mol. The summed E-state index contributed by atoms with van der Waals surface area (Å²) in [6.45, 7) is 4.50. The van der Waals surface area contributed by atoms with Crippen LogP contribution in [0.25, 0.3) is 12.2 Å². The van der Waals surface area contributed by atoms with Crippen molar-refractivity contribution < 1.29 is 0 Å². The molecule has 0 unspecified atom stereocenters. The zero-order valence-corrected chi connectivity index (χ0v) is 16.6. The highest BCUT2D eigenvalue weighted by Crippen LogP contribution is 2.12. The second-order valence-corrected chi connectivity index (χ2v) is 7.12. The highest BCUT2D eigenvalue weighted by atomic mass is 14.0. The van der Waals surface area contributed by atoms with Gasteiger partial charge in [0.2, 0.25) is 0 Å². The maximum Gasteiger partial charge on any atom is -0.0256 e. The molecule has 0 heteroatoms. The third-order valence-corrected chi connectivity index (χ3v) is 4.79. The van der Waals surface area contributed by atoms with Crippen LogP contribution < -0.4 is 0 Å². The fourth-order valence-electron chi connectivity index (χ4n) is 3.06. The first kappa shape index (κ1) is 20.2. The van der Waals surface area contributed by atoms with Crippen LogP contribution in [0.2, 0.25) is 0 Å². The summed E-state index contributed by atoms with van der Waals surface area (Å²) in [6.07, 6.45) is 18.8. The Kier molecular flexibility index (Phi) is 9.57. The lowest BCUT2D eigenvalue weighted by atomic mass is 10.0. The third-order valence-electron chi connectivity index (χ3n) is 4.79. The molecule has 0 spiro atoms. The number of aryl methyl sites for hydroxylation is 2. The molecule has 0 radical (unpaired) electrons. The fourth-order valence-corrected chi connectivity index (χ4v) is 3.06. The van der Waals surface area contributed by atoms with E-state index in [0.29, 0.717) is 0 Å². The van der Waals surface area contributed by atoms with E-state index in [-0.39, 0.29) is 0 Å². The zero-order valence-electron chi connectivity index (χ0n) is 16.6. The normalized spacial score (nSPS) is 11.6. The molecule has 0 fully saturated rings. The van der Waals surface area contributed by atoms with Crippen molar-refractivity contribution in [2.75, 3.05) is 0 Å². The van der Waals surface area contributed by atoms with Gasteiger partial charge in [0.15, 0.2) is 0 Å². The molecule has 0 aliphatic rings. The van der Waals surface area contributed by atoms with Crippen LogP contribution in [0.1, 0.15) is 74.6 Å². The molecule has 0 aromatic heterocycles. The van der Waals surface area contributed by atoms with Crippen LogP contribution in [0.5, 0.6) is 0 Å². The number of allylic oxidation sites excluding steroid dienone is 2. The second kappa shape index (κ2) is 12.3. The minimum absolute atomic E-state index is 1.19. The predicted molar refractivity (Wildman–Crippen MR) is 117 cm³/mol. The smallest absolute Gasteiger partial charge is 0.0256 e. The Bertz CT molecular complexity index is 656. The topological polar surface area (TPSA) is 0 Å². The molecule has 0 amide bonds. The lowest BCUT2D eigenvalue weighted by Gasteiger charge is -2.02. The molecule has 0 heterocycles. The largest absolute Gasteiger partial charge is 0.0654 e. The van der Waals surface area contributed by atoms with Crippen molar-refractivity contribution in [2.24, 2.45) is 0 Å². The highest BCUT2D eigenvalue weighted by Gasteiger charge is 1.94. The van der Waals surface area contributed by atoms with Crippen LogP contribution in [0.4, 0.5) is 0 Å². The van der Waals surface area contributed by atoms with E-state index < -0.39 is 0 Å². The van der Waals surface area contributed by atoms with Gasteiger partial charge in [0.25, 0.3) is 0 Å². The maximum absolute atomic E-state index is 2.27. The molecule has 2 rings (SSSR count). The lowest BCUT2D eigenvalue weighted by molar-refractivity contribution is 0.667. The second-order valence-electron chi connectivity index (χ2n) is 7.12. The number of unbranched alkanes of at least 4 members (excludes halogenated alkanes) is 4. The zero-order chi connectivity index (χ0) is 18.5. The van der Waals surface area contributed by atoms with Gasteiger partial charge in [0, 0.05) is 0 Å². The van der Waals surface area contributed by atoms with E-state index in [4.69, 9.17) is 0 Å². The van der Waals surface area contributed by atoms with Crippen molar-refractivity contribution in [2.45, 2.75) is 65.2 Å². The van der Waals surface area contributed by atoms with E-state index in [9.17, 15) is 0 Å². The molecule has 138 valence electrons.